The lowest BCUT2D eigenvalue weighted by Gasteiger charge is -2.33. The van der Waals surface area contributed by atoms with E-state index in [-0.39, 0.29) is 6.54 Å². The summed E-state index contributed by atoms with van der Waals surface area (Å²) in [5.74, 6) is -1.32. The molecule has 0 spiro atoms. The fourth-order valence-electron chi connectivity index (χ4n) is 3.11. The van der Waals surface area contributed by atoms with Crippen LogP contribution in [-0.2, 0) is 20.6 Å². The number of nitrogens with one attached hydrogen (secondary N) is 1. The second kappa shape index (κ2) is 8.66. The van der Waals surface area contributed by atoms with Crippen LogP contribution in [0.3, 0.4) is 0 Å². The molecule has 0 aliphatic carbocycles. The SMILES string of the molecule is C[C@H]1Oc2ccccc2N(CC(=O)N(C)CC(=O)Nc2ccccc2C(F)(F)F)C1=O. The molecule has 1 aliphatic rings. The van der Waals surface area contributed by atoms with Crippen LogP contribution in [0.15, 0.2) is 48.5 Å². The zero-order valence-electron chi connectivity index (χ0n) is 16.8. The van der Waals surface area contributed by atoms with E-state index in [9.17, 15) is 27.6 Å². The van der Waals surface area contributed by atoms with Crippen LogP contribution in [0.5, 0.6) is 5.75 Å². The molecule has 0 aromatic heterocycles. The number of ether oxygens (including phenoxy) is 1. The highest BCUT2D eigenvalue weighted by molar-refractivity contribution is 6.04. The third kappa shape index (κ3) is 4.96. The number of hydrogen-bond donors (Lipinski definition) is 1. The Balaban J connectivity index is 1.67. The number of rotatable bonds is 5. The molecule has 7 nitrogen and oxygen atoms in total. The molecular formula is C21H20F3N3O4. The molecule has 0 bridgehead atoms. The summed E-state index contributed by atoms with van der Waals surface area (Å²) < 4.78 is 44.7. The van der Waals surface area contributed by atoms with Gasteiger partial charge in [0.25, 0.3) is 5.91 Å². The number of likely N-dealkylation sites (N-methyl/N-ethyl adjacent to an activating group) is 1. The van der Waals surface area contributed by atoms with E-state index in [1.54, 1.807) is 31.2 Å². The van der Waals surface area contributed by atoms with Gasteiger partial charge < -0.3 is 15.0 Å². The average molecular weight is 435 g/mol. The van der Waals surface area contributed by atoms with Crippen LogP contribution in [0.1, 0.15) is 12.5 Å². The van der Waals surface area contributed by atoms with Crippen LogP contribution in [-0.4, -0.2) is 48.9 Å². The van der Waals surface area contributed by atoms with E-state index < -0.39 is 47.8 Å². The first-order valence-corrected chi connectivity index (χ1v) is 9.35. The number of carbonyl (C=O) groups is 3. The Morgan fingerprint density at radius 3 is 2.48 bits per heavy atom. The largest absolute Gasteiger partial charge is 0.479 e. The number of alkyl halides is 3. The minimum Gasteiger partial charge on any atom is -0.479 e. The van der Waals surface area contributed by atoms with Crippen LogP contribution >= 0.6 is 0 Å². The van der Waals surface area contributed by atoms with Gasteiger partial charge in [-0.3, -0.25) is 19.3 Å². The highest BCUT2D eigenvalue weighted by Crippen LogP contribution is 2.35. The lowest BCUT2D eigenvalue weighted by Crippen LogP contribution is -2.49. The van der Waals surface area contributed by atoms with Crippen LogP contribution in [0.25, 0.3) is 0 Å². The average Bonchev–Trinajstić information content (AvgIpc) is 2.70. The summed E-state index contributed by atoms with van der Waals surface area (Å²) in [5.41, 5.74) is -0.954. The first-order valence-electron chi connectivity index (χ1n) is 9.35. The Kier molecular flexibility index (Phi) is 6.19. The van der Waals surface area contributed by atoms with Gasteiger partial charge in [0.05, 0.1) is 23.5 Å². The standard InChI is InChI=1S/C21H20F3N3O4/c1-13-20(30)27(16-9-5-6-10-17(16)31-13)12-19(29)26(2)11-18(28)25-15-8-4-3-7-14(15)21(22,23)24/h3-10,13H,11-12H2,1-2H3,(H,25,28)/t13-/m1/s1. The van der Waals surface area contributed by atoms with Gasteiger partial charge in [0.15, 0.2) is 6.10 Å². The maximum absolute atomic E-state index is 13.1. The van der Waals surface area contributed by atoms with E-state index in [1.165, 1.54) is 24.1 Å². The van der Waals surface area contributed by atoms with E-state index >= 15 is 0 Å². The molecule has 0 saturated carbocycles. The van der Waals surface area contributed by atoms with Gasteiger partial charge in [-0.1, -0.05) is 24.3 Å². The maximum atomic E-state index is 13.1. The fraction of sp³-hybridized carbons (Fsp3) is 0.286. The molecule has 3 rings (SSSR count). The molecule has 0 fully saturated rings. The highest BCUT2D eigenvalue weighted by atomic mass is 19.4. The van der Waals surface area contributed by atoms with Gasteiger partial charge in [0.2, 0.25) is 11.8 Å². The predicted molar refractivity (Wildman–Crippen MR) is 107 cm³/mol. The van der Waals surface area contributed by atoms with E-state index in [1.807, 2.05) is 0 Å². The number of para-hydroxylation sites is 3. The number of anilines is 2. The van der Waals surface area contributed by atoms with E-state index in [2.05, 4.69) is 5.32 Å². The second-order valence-corrected chi connectivity index (χ2v) is 6.99. The van der Waals surface area contributed by atoms with Crippen molar-refractivity contribution in [1.82, 2.24) is 4.90 Å². The molecule has 2 aromatic carbocycles. The molecule has 31 heavy (non-hydrogen) atoms. The van der Waals surface area contributed by atoms with Crippen molar-refractivity contribution in [2.45, 2.75) is 19.2 Å². The molecular weight excluding hydrogens is 415 g/mol. The zero-order chi connectivity index (χ0) is 22.8. The summed E-state index contributed by atoms with van der Waals surface area (Å²) in [5, 5.41) is 2.18. The van der Waals surface area contributed by atoms with Gasteiger partial charge >= 0.3 is 6.18 Å². The molecule has 0 unspecified atom stereocenters. The summed E-state index contributed by atoms with van der Waals surface area (Å²) in [6.45, 7) is 0.734. The van der Waals surface area contributed by atoms with E-state index in [0.29, 0.717) is 11.4 Å². The van der Waals surface area contributed by atoms with E-state index in [4.69, 9.17) is 4.74 Å². The van der Waals surface area contributed by atoms with Gasteiger partial charge in [0.1, 0.15) is 12.3 Å². The summed E-state index contributed by atoms with van der Waals surface area (Å²) in [4.78, 5) is 39.7. The number of benzene rings is 2. The number of carbonyl (C=O) groups excluding carboxylic acids is 3. The van der Waals surface area contributed by atoms with Crippen molar-refractivity contribution in [1.29, 1.82) is 0 Å². The van der Waals surface area contributed by atoms with Crippen LogP contribution in [0.4, 0.5) is 24.5 Å². The van der Waals surface area contributed by atoms with Gasteiger partial charge in [-0.25, -0.2) is 0 Å². The topological polar surface area (TPSA) is 79.0 Å². The summed E-state index contributed by atoms with van der Waals surface area (Å²) in [6, 6.07) is 11.3. The molecule has 0 saturated heterocycles. The molecule has 0 radical (unpaired) electrons. The summed E-state index contributed by atoms with van der Waals surface area (Å²) in [6.07, 6.45) is -5.41. The predicted octanol–water partition coefficient (Wildman–Crippen LogP) is 2.92. The van der Waals surface area contributed by atoms with Crippen molar-refractivity contribution in [3.63, 3.8) is 0 Å². The van der Waals surface area contributed by atoms with Crippen molar-refractivity contribution in [2.75, 3.05) is 30.4 Å². The molecule has 1 atom stereocenters. The minimum atomic E-state index is -4.63. The quantitative estimate of drug-likeness (QED) is 0.784. The van der Waals surface area contributed by atoms with Crippen molar-refractivity contribution in [3.8, 4) is 5.75 Å². The molecule has 2 aromatic rings. The van der Waals surface area contributed by atoms with Crippen molar-refractivity contribution < 1.29 is 32.3 Å². The van der Waals surface area contributed by atoms with E-state index in [0.717, 1.165) is 17.0 Å². The third-order valence-electron chi connectivity index (χ3n) is 4.68. The van der Waals surface area contributed by atoms with Gasteiger partial charge in [-0.15, -0.1) is 0 Å². The Morgan fingerprint density at radius 1 is 1.13 bits per heavy atom. The fourth-order valence-corrected chi connectivity index (χ4v) is 3.11. The van der Waals surface area contributed by atoms with Gasteiger partial charge in [-0.2, -0.15) is 13.2 Å². The van der Waals surface area contributed by atoms with Crippen molar-refractivity contribution in [2.24, 2.45) is 0 Å². The number of amides is 3. The maximum Gasteiger partial charge on any atom is 0.418 e. The Bertz CT molecular complexity index is 1010. The first kappa shape index (κ1) is 22.1. The van der Waals surface area contributed by atoms with Crippen LogP contribution < -0.4 is 15.0 Å². The zero-order valence-corrected chi connectivity index (χ0v) is 16.8. The van der Waals surface area contributed by atoms with Crippen molar-refractivity contribution >= 4 is 29.1 Å². The smallest absolute Gasteiger partial charge is 0.418 e. The van der Waals surface area contributed by atoms with Crippen LogP contribution in [0, 0.1) is 0 Å². The monoisotopic (exact) mass is 435 g/mol. The third-order valence-corrected chi connectivity index (χ3v) is 4.68. The number of hydrogen-bond acceptors (Lipinski definition) is 4. The lowest BCUT2D eigenvalue weighted by molar-refractivity contribution is -0.137. The minimum absolute atomic E-state index is 0.341. The molecule has 10 heteroatoms. The molecule has 164 valence electrons. The Hall–Kier alpha value is -3.56. The number of fused-ring (bicyclic) bond motifs is 1. The molecule has 1 N–H and O–H groups in total. The normalized spacial score (nSPS) is 15.7. The summed E-state index contributed by atoms with van der Waals surface area (Å²) in [7, 11) is 1.33. The first-order chi connectivity index (χ1) is 14.6. The van der Waals surface area contributed by atoms with Crippen molar-refractivity contribution in [3.05, 3.63) is 54.1 Å². The molecule has 1 aliphatic heterocycles. The van der Waals surface area contributed by atoms with Gasteiger partial charge in [0, 0.05) is 7.05 Å². The lowest BCUT2D eigenvalue weighted by atomic mass is 10.1. The Morgan fingerprint density at radius 2 is 1.77 bits per heavy atom. The molecule has 1 heterocycles. The van der Waals surface area contributed by atoms with Gasteiger partial charge in [-0.05, 0) is 31.2 Å². The summed E-state index contributed by atoms with van der Waals surface area (Å²) >= 11 is 0. The Labute approximate surface area is 176 Å². The molecule has 3 amide bonds. The highest BCUT2D eigenvalue weighted by Gasteiger charge is 2.35. The second-order valence-electron chi connectivity index (χ2n) is 6.99. The van der Waals surface area contributed by atoms with Crippen LogP contribution in [0.2, 0.25) is 0 Å². The number of halogens is 3. The number of nitrogens with zero attached hydrogens (tertiary/aromatic N) is 2.